The van der Waals surface area contributed by atoms with Crippen molar-refractivity contribution in [3.63, 3.8) is 0 Å². The molecule has 3 rings (SSSR count). The van der Waals surface area contributed by atoms with E-state index in [9.17, 15) is 27.2 Å². The van der Waals surface area contributed by atoms with Gasteiger partial charge in [0, 0.05) is 17.7 Å². The summed E-state index contributed by atoms with van der Waals surface area (Å²) in [7, 11) is 0. The minimum atomic E-state index is -4.65. The number of aromatic nitrogens is 2. The monoisotopic (exact) mass is 395 g/mol. The zero-order chi connectivity index (χ0) is 20.5. The van der Waals surface area contributed by atoms with E-state index in [1.807, 2.05) is 0 Å². The Labute approximate surface area is 158 Å². The van der Waals surface area contributed by atoms with E-state index in [1.165, 1.54) is 19.2 Å². The van der Waals surface area contributed by atoms with E-state index in [0.717, 1.165) is 25.0 Å². The van der Waals surface area contributed by atoms with E-state index in [4.69, 9.17) is 0 Å². The number of ketones is 1. The van der Waals surface area contributed by atoms with Crippen LogP contribution in [-0.2, 0) is 17.4 Å². The van der Waals surface area contributed by atoms with Crippen LogP contribution in [0.25, 0.3) is 0 Å². The smallest absolute Gasteiger partial charge is 0.344 e. The quantitative estimate of drug-likeness (QED) is 0.758. The maximum atomic E-state index is 14.1. The Morgan fingerprint density at radius 1 is 1.25 bits per heavy atom. The summed E-state index contributed by atoms with van der Waals surface area (Å²) in [5.74, 6) is -1.42. The summed E-state index contributed by atoms with van der Waals surface area (Å²) in [6, 6.07) is 2.60. The van der Waals surface area contributed by atoms with Crippen molar-refractivity contribution in [2.45, 2.75) is 38.4 Å². The third-order valence-electron chi connectivity index (χ3n) is 4.45. The number of hydrogen-bond acceptors (Lipinski definition) is 4. The van der Waals surface area contributed by atoms with Crippen LogP contribution >= 0.6 is 0 Å². The Morgan fingerprint density at radius 3 is 2.57 bits per heavy atom. The van der Waals surface area contributed by atoms with Gasteiger partial charge in [0.05, 0.1) is 18.0 Å². The number of rotatable bonds is 6. The molecule has 2 aromatic rings. The molecule has 1 amide bonds. The number of Topliss-reactive ketones (excluding diaryl/α,β-unsaturated/α-hetero) is 1. The first-order valence-electron chi connectivity index (χ1n) is 8.67. The highest BCUT2D eigenvalue weighted by Crippen LogP contribution is 2.32. The van der Waals surface area contributed by atoms with Gasteiger partial charge in [0.1, 0.15) is 23.1 Å². The maximum absolute atomic E-state index is 14.1. The molecule has 0 spiro atoms. The topological polar surface area (TPSA) is 72.0 Å². The lowest BCUT2D eigenvalue weighted by molar-refractivity contribution is -0.137. The molecule has 5 nitrogen and oxygen atoms in total. The van der Waals surface area contributed by atoms with Crippen LogP contribution in [0.5, 0.6) is 0 Å². The van der Waals surface area contributed by atoms with Crippen LogP contribution in [0.3, 0.4) is 0 Å². The molecule has 148 valence electrons. The fourth-order valence-corrected chi connectivity index (χ4v) is 2.72. The predicted molar refractivity (Wildman–Crippen MR) is 90.8 cm³/mol. The highest BCUT2D eigenvalue weighted by atomic mass is 19.4. The molecule has 1 aliphatic rings. The lowest BCUT2D eigenvalue weighted by Crippen LogP contribution is -2.28. The van der Waals surface area contributed by atoms with Crippen LogP contribution in [0.2, 0.25) is 0 Å². The third kappa shape index (κ3) is 4.71. The number of nitrogens with zero attached hydrogens (tertiary/aromatic N) is 2. The molecule has 1 atom stereocenters. The number of hydrogen-bond donors (Lipinski definition) is 1. The number of nitrogens with one attached hydrogen (secondary N) is 1. The predicted octanol–water partition coefficient (Wildman–Crippen LogP) is 3.65. The second-order valence-electron chi connectivity index (χ2n) is 6.70. The van der Waals surface area contributed by atoms with E-state index in [0.29, 0.717) is 6.07 Å². The van der Waals surface area contributed by atoms with Crippen LogP contribution in [-0.4, -0.2) is 21.7 Å². The number of carbonyl (C=O) groups excluding carboxylic acids is 2. The largest absolute Gasteiger partial charge is 0.416 e. The number of carbonyl (C=O) groups is 2. The van der Waals surface area contributed by atoms with Gasteiger partial charge in [0.2, 0.25) is 0 Å². The van der Waals surface area contributed by atoms with Crippen LogP contribution in [0.4, 0.5) is 17.6 Å². The van der Waals surface area contributed by atoms with Gasteiger partial charge in [-0.2, -0.15) is 13.2 Å². The lowest BCUT2D eigenvalue weighted by Gasteiger charge is -2.16. The maximum Gasteiger partial charge on any atom is 0.416 e. The molecule has 1 heterocycles. The van der Waals surface area contributed by atoms with Crippen LogP contribution < -0.4 is 5.32 Å². The Morgan fingerprint density at radius 2 is 1.96 bits per heavy atom. The van der Waals surface area contributed by atoms with Gasteiger partial charge in [0.15, 0.2) is 0 Å². The molecule has 28 heavy (non-hydrogen) atoms. The van der Waals surface area contributed by atoms with Crippen LogP contribution in [0, 0.1) is 11.7 Å². The molecule has 1 N–H and O–H groups in total. The number of alkyl halides is 3. The van der Waals surface area contributed by atoms with E-state index in [1.54, 1.807) is 0 Å². The van der Waals surface area contributed by atoms with Crippen molar-refractivity contribution < 1.29 is 27.2 Å². The van der Waals surface area contributed by atoms with Gasteiger partial charge in [-0.25, -0.2) is 14.4 Å². The molecule has 1 fully saturated rings. The fraction of sp³-hybridized carbons (Fsp3) is 0.368. The first-order chi connectivity index (χ1) is 13.1. The normalized spacial score (nSPS) is 15.2. The first-order valence-corrected chi connectivity index (χ1v) is 8.67. The van der Waals surface area contributed by atoms with Gasteiger partial charge in [-0.3, -0.25) is 9.59 Å². The van der Waals surface area contributed by atoms with Crippen molar-refractivity contribution >= 4 is 11.7 Å². The summed E-state index contributed by atoms with van der Waals surface area (Å²) in [5.41, 5.74) is -1.19. The number of benzene rings is 1. The molecule has 1 saturated carbocycles. The highest BCUT2D eigenvalue weighted by Gasteiger charge is 2.32. The van der Waals surface area contributed by atoms with Crippen molar-refractivity contribution in [3.8, 4) is 0 Å². The van der Waals surface area contributed by atoms with E-state index in [-0.39, 0.29) is 35.2 Å². The summed E-state index contributed by atoms with van der Waals surface area (Å²) < 4.78 is 52.0. The van der Waals surface area contributed by atoms with Crippen molar-refractivity contribution in [1.29, 1.82) is 0 Å². The number of amides is 1. The van der Waals surface area contributed by atoms with Gasteiger partial charge in [-0.1, -0.05) is 6.07 Å². The lowest BCUT2D eigenvalue weighted by atomic mass is 10.0. The minimum Gasteiger partial charge on any atom is -0.344 e. The molecular formula is C19H17F4N3O2. The van der Waals surface area contributed by atoms with Gasteiger partial charge in [-0.05, 0) is 38.0 Å². The zero-order valence-electron chi connectivity index (χ0n) is 14.9. The molecule has 1 aromatic carbocycles. The molecule has 9 heteroatoms. The molecule has 0 saturated heterocycles. The summed E-state index contributed by atoms with van der Waals surface area (Å²) in [6.07, 6.45) is -1.55. The standard InChI is InChI=1S/C19H17F4N3O2/c1-10(13-5-4-12(8-14(13)20)19(21,22)23)25-18(28)15-6-7-24-17(26-15)9-16(27)11-2-3-11/h4-8,10-11H,2-3,9H2,1H3,(H,25,28). The molecule has 1 unspecified atom stereocenters. The highest BCUT2D eigenvalue weighted by molar-refractivity contribution is 5.92. The Hall–Kier alpha value is -2.84. The summed E-state index contributed by atoms with van der Waals surface area (Å²) in [5, 5.41) is 2.49. The molecule has 0 aliphatic heterocycles. The third-order valence-corrected chi connectivity index (χ3v) is 4.45. The van der Waals surface area contributed by atoms with Gasteiger partial charge < -0.3 is 5.32 Å². The Bertz CT molecular complexity index is 910. The average Bonchev–Trinajstić information content (AvgIpc) is 3.46. The SMILES string of the molecule is CC(NC(=O)c1ccnc(CC(=O)C2CC2)n1)c1ccc(C(F)(F)F)cc1F. The van der Waals surface area contributed by atoms with Crippen LogP contribution in [0.15, 0.2) is 30.5 Å². The van der Waals surface area contributed by atoms with E-state index < -0.39 is 29.5 Å². The molecule has 0 radical (unpaired) electrons. The molecule has 0 bridgehead atoms. The first kappa shape index (κ1) is 19.9. The Kier molecular flexibility index (Phi) is 5.44. The Balaban J connectivity index is 1.69. The van der Waals surface area contributed by atoms with E-state index >= 15 is 0 Å². The van der Waals surface area contributed by atoms with Crippen molar-refractivity contribution in [1.82, 2.24) is 15.3 Å². The van der Waals surface area contributed by atoms with E-state index in [2.05, 4.69) is 15.3 Å². The van der Waals surface area contributed by atoms with Crippen molar-refractivity contribution in [2.75, 3.05) is 0 Å². The van der Waals surface area contributed by atoms with Crippen molar-refractivity contribution in [2.24, 2.45) is 5.92 Å². The minimum absolute atomic E-state index is 0.00670. The summed E-state index contributed by atoms with van der Waals surface area (Å²) in [4.78, 5) is 32.2. The number of halogens is 4. The zero-order valence-corrected chi connectivity index (χ0v) is 14.9. The molecule has 1 aliphatic carbocycles. The van der Waals surface area contributed by atoms with Gasteiger partial charge >= 0.3 is 6.18 Å². The second kappa shape index (κ2) is 7.65. The average molecular weight is 395 g/mol. The van der Waals surface area contributed by atoms with Gasteiger partial charge in [0.25, 0.3) is 5.91 Å². The molecular weight excluding hydrogens is 378 g/mol. The fourth-order valence-electron chi connectivity index (χ4n) is 2.72. The van der Waals surface area contributed by atoms with Crippen LogP contribution in [0.1, 0.15) is 53.2 Å². The molecule has 1 aromatic heterocycles. The summed E-state index contributed by atoms with van der Waals surface area (Å²) >= 11 is 0. The summed E-state index contributed by atoms with van der Waals surface area (Å²) in [6.45, 7) is 1.45. The second-order valence-corrected chi connectivity index (χ2v) is 6.70. The van der Waals surface area contributed by atoms with Gasteiger partial charge in [-0.15, -0.1) is 0 Å². The van der Waals surface area contributed by atoms with Crippen molar-refractivity contribution in [3.05, 3.63) is 58.9 Å².